The third-order valence-electron chi connectivity index (χ3n) is 3.88. The van der Waals surface area contributed by atoms with Gasteiger partial charge in [-0.05, 0) is 31.0 Å². The van der Waals surface area contributed by atoms with Gasteiger partial charge in [0.2, 0.25) is 5.91 Å². The van der Waals surface area contributed by atoms with Crippen LogP contribution in [-0.4, -0.2) is 12.5 Å². The van der Waals surface area contributed by atoms with Crippen LogP contribution >= 0.6 is 0 Å². The van der Waals surface area contributed by atoms with Crippen molar-refractivity contribution in [3.63, 3.8) is 0 Å². The molecule has 0 unspecified atom stereocenters. The second-order valence-electron chi connectivity index (χ2n) is 5.22. The summed E-state index contributed by atoms with van der Waals surface area (Å²) in [6.07, 6.45) is -1.19. The van der Waals surface area contributed by atoms with Crippen LogP contribution in [0.3, 0.4) is 0 Å². The number of anilines is 1. The Morgan fingerprint density at radius 2 is 1.95 bits per heavy atom. The molecular formula is C14H17F3N2O. The van der Waals surface area contributed by atoms with Gasteiger partial charge in [-0.2, -0.15) is 13.2 Å². The monoisotopic (exact) mass is 286 g/mol. The normalized spacial score (nSPS) is 18.0. The molecule has 2 rings (SSSR count). The SMILES string of the molecule is NCC1(C(=O)Nc2cccc(C(F)(F)F)c2)CCCC1. The molecule has 1 aromatic carbocycles. The summed E-state index contributed by atoms with van der Waals surface area (Å²) in [4.78, 5) is 12.3. The summed E-state index contributed by atoms with van der Waals surface area (Å²) < 4.78 is 37.8. The zero-order valence-electron chi connectivity index (χ0n) is 11.0. The van der Waals surface area contributed by atoms with E-state index in [1.165, 1.54) is 12.1 Å². The van der Waals surface area contributed by atoms with E-state index in [2.05, 4.69) is 5.32 Å². The van der Waals surface area contributed by atoms with Gasteiger partial charge in [-0.25, -0.2) is 0 Å². The predicted molar refractivity (Wildman–Crippen MR) is 70.0 cm³/mol. The van der Waals surface area contributed by atoms with Gasteiger partial charge in [0.05, 0.1) is 11.0 Å². The van der Waals surface area contributed by atoms with Crippen LogP contribution in [-0.2, 0) is 11.0 Å². The van der Waals surface area contributed by atoms with E-state index in [1.54, 1.807) is 0 Å². The Morgan fingerprint density at radius 3 is 2.50 bits per heavy atom. The molecule has 20 heavy (non-hydrogen) atoms. The minimum atomic E-state index is -4.42. The van der Waals surface area contributed by atoms with Gasteiger partial charge in [-0.3, -0.25) is 4.79 Å². The second-order valence-corrected chi connectivity index (χ2v) is 5.22. The first-order chi connectivity index (χ1) is 9.37. The van der Waals surface area contributed by atoms with Crippen LogP contribution in [0, 0.1) is 5.41 Å². The second kappa shape index (κ2) is 5.44. The molecule has 6 heteroatoms. The van der Waals surface area contributed by atoms with Crippen molar-refractivity contribution in [3.8, 4) is 0 Å². The van der Waals surface area contributed by atoms with E-state index in [1.807, 2.05) is 0 Å². The van der Waals surface area contributed by atoms with Crippen molar-refractivity contribution in [2.45, 2.75) is 31.9 Å². The van der Waals surface area contributed by atoms with E-state index < -0.39 is 17.2 Å². The fraction of sp³-hybridized carbons (Fsp3) is 0.500. The molecule has 1 saturated carbocycles. The number of carbonyl (C=O) groups is 1. The molecule has 0 radical (unpaired) electrons. The lowest BCUT2D eigenvalue weighted by atomic mass is 9.85. The van der Waals surface area contributed by atoms with Crippen molar-refractivity contribution in [2.75, 3.05) is 11.9 Å². The van der Waals surface area contributed by atoms with Crippen LogP contribution < -0.4 is 11.1 Å². The molecule has 1 aliphatic rings. The number of rotatable bonds is 3. The van der Waals surface area contributed by atoms with Gasteiger partial charge in [-0.1, -0.05) is 18.9 Å². The lowest BCUT2D eigenvalue weighted by molar-refractivity contribution is -0.137. The molecule has 0 aliphatic heterocycles. The highest BCUT2D eigenvalue weighted by Crippen LogP contribution is 2.38. The molecule has 3 nitrogen and oxygen atoms in total. The summed E-state index contributed by atoms with van der Waals surface area (Å²) in [5.41, 5.74) is 4.43. The molecule has 110 valence electrons. The van der Waals surface area contributed by atoms with Crippen molar-refractivity contribution in [1.29, 1.82) is 0 Å². The van der Waals surface area contributed by atoms with Crippen LogP contribution in [0.2, 0.25) is 0 Å². The van der Waals surface area contributed by atoms with Crippen molar-refractivity contribution in [2.24, 2.45) is 11.1 Å². The summed E-state index contributed by atoms with van der Waals surface area (Å²) in [6.45, 7) is 0.220. The first kappa shape index (κ1) is 14.8. The van der Waals surface area contributed by atoms with E-state index in [9.17, 15) is 18.0 Å². The van der Waals surface area contributed by atoms with Gasteiger partial charge in [0.25, 0.3) is 0 Å². The summed E-state index contributed by atoms with van der Waals surface area (Å²) in [7, 11) is 0. The number of hydrogen-bond donors (Lipinski definition) is 2. The molecule has 0 saturated heterocycles. The fourth-order valence-electron chi connectivity index (χ4n) is 2.61. The lowest BCUT2D eigenvalue weighted by Crippen LogP contribution is -2.40. The Bertz CT molecular complexity index is 493. The van der Waals surface area contributed by atoms with Crippen molar-refractivity contribution in [3.05, 3.63) is 29.8 Å². The van der Waals surface area contributed by atoms with Gasteiger partial charge < -0.3 is 11.1 Å². The zero-order chi connectivity index (χ0) is 14.8. The van der Waals surface area contributed by atoms with Crippen LogP contribution in [0.25, 0.3) is 0 Å². The predicted octanol–water partition coefficient (Wildman–Crippen LogP) is 3.16. The van der Waals surface area contributed by atoms with Crippen molar-refractivity contribution < 1.29 is 18.0 Å². The first-order valence-electron chi connectivity index (χ1n) is 6.56. The average Bonchev–Trinajstić information content (AvgIpc) is 2.88. The minimum absolute atomic E-state index is 0.157. The molecule has 1 fully saturated rings. The van der Waals surface area contributed by atoms with E-state index in [0.29, 0.717) is 12.8 Å². The minimum Gasteiger partial charge on any atom is -0.329 e. The first-order valence-corrected chi connectivity index (χ1v) is 6.56. The molecule has 0 heterocycles. The topological polar surface area (TPSA) is 55.1 Å². The Hall–Kier alpha value is -1.56. The number of carbonyl (C=O) groups excluding carboxylic acids is 1. The number of alkyl halides is 3. The standard InChI is InChI=1S/C14H17F3N2O/c15-14(16,17)10-4-3-5-11(8-10)19-12(20)13(9-18)6-1-2-7-13/h3-5,8H,1-2,6-7,9,18H2,(H,19,20). The van der Waals surface area contributed by atoms with Gasteiger partial charge in [0.1, 0.15) is 0 Å². The molecule has 3 N–H and O–H groups in total. The Kier molecular flexibility index (Phi) is 4.04. The van der Waals surface area contributed by atoms with E-state index >= 15 is 0 Å². The Labute approximate surface area is 115 Å². The van der Waals surface area contributed by atoms with Crippen LogP contribution in [0.5, 0.6) is 0 Å². The van der Waals surface area contributed by atoms with Crippen molar-refractivity contribution >= 4 is 11.6 Å². The maximum atomic E-state index is 12.6. The van der Waals surface area contributed by atoms with Gasteiger partial charge >= 0.3 is 6.18 Å². The van der Waals surface area contributed by atoms with Gasteiger partial charge in [0.15, 0.2) is 0 Å². The number of benzene rings is 1. The molecule has 1 aliphatic carbocycles. The quantitative estimate of drug-likeness (QED) is 0.896. The molecule has 1 aromatic rings. The van der Waals surface area contributed by atoms with Gasteiger partial charge in [0, 0.05) is 12.2 Å². The average molecular weight is 286 g/mol. The van der Waals surface area contributed by atoms with Crippen LogP contribution in [0.1, 0.15) is 31.2 Å². The summed E-state index contributed by atoms with van der Waals surface area (Å²) in [5, 5.41) is 2.57. The number of nitrogens with two attached hydrogens (primary N) is 1. The molecule has 1 amide bonds. The molecule has 0 spiro atoms. The smallest absolute Gasteiger partial charge is 0.329 e. The maximum Gasteiger partial charge on any atom is 0.416 e. The zero-order valence-corrected chi connectivity index (χ0v) is 11.0. The molecule has 0 atom stereocenters. The number of nitrogens with one attached hydrogen (secondary N) is 1. The van der Waals surface area contributed by atoms with Crippen molar-refractivity contribution in [1.82, 2.24) is 0 Å². The summed E-state index contributed by atoms with van der Waals surface area (Å²) >= 11 is 0. The number of amides is 1. The highest BCUT2D eigenvalue weighted by atomic mass is 19.4. The summed E-state index contributed by atoms with van der Waals surface area (Å²) in [5.74, 6) is -0.281. The highest BCUT2D eigenvalue weighted by Gasteiger charge is 2.40. The van der Waals surface area contributed by atoms with Crippen LogP contribution in [0.15, 0.2) is 24.3 Å². The number of hydrogen-bond acceptors (Lipinski definition) is 2. The molecule has 0 aromatic heterocycles. The third kappa shape index (κ3) is 2.95. The van der Waals surface area contributed by atoms with E-state index in [-0.39, 0.29) is 18.1 Å². The lowest BCUT2D eigenvalue weighted by Gasteiger charge is -2.25. The van der Waals surface area contributed by atoms with E-state index in [4.69, 9.17) is 5.73 Å². The van der Waals surface area contributed by atoms with E-state index in [0.717, 1.165) is 25.0 Å². The Morgan fingerprint density at radius 1 is 1.30 bits per heavy atom. The third-order valence-corrected chi connectivity index (χ3v) is 3.88. The van der Waals surface area contributed by atoms with Gasteiger partial charge in [-0.15, -0.1) is 0 Å². The molecular weight excluding hydrogens is 269 g/mol. The van der Waals surface area contributed by atoms with Crippen LogP contribution in [0.4, 0.5) is 18.9 Å². The summed E-state index contributed by atoms with van der Waals surface area (Å²) in [6, 6.07) is 4.65. The Balaban J connectivity index is 2.16. The molecule has 0 bridgehead atoms. The maximum absolute atomic E-state index is 12.6. The highest BCUT2D eigenvalue weighted by molar-refractivity contribution is 5.95. The fourth-order valence-corrected chi connectivity index (χ4v) is 2.61. The number of halogens is 3. The largest absolute Gasteiger partial charge is 0.416 e.